The summed E-state index contributed by atoms with van der Waals surface area (Å²) in [6.45, 7) is 0. The second-order valence-corrected chi connectivity index (χ2v) is 5.25. The number of hydrogen-bond donors (Lipinski definition) is 0. The van der Waals surface area contributed by atoms with Gasteiger partial charge in [-0.2, -0.15) is 0 Å². The zero-order chi connectivity index (χ0) is 10.7. The second kappa shape index (κ2) is 4.86. The van der Waals surface area contributed by atoms with Gasteiger partial charge in [-0.15, -0.1) is 6.42 Å². The molecule has 2 aliphatic rings. The van der Waals surface area contributed by atoms with Gasteiger partial charge in [-0.25, -0.2) is 0 Å². The van der Waals surface area contributed by atoms with Crippen LogP contribution in [0.4, 0.5) is 0 Å². The van der Waals surface area contributed by atoms with E-state index in [1.807, 2.05) is 24.3 Å². The molecule has 0 nitrogen and oxygen atoms in total. The van der Waals surface area contributed by atoms with E-state index in [0.717, 1.165) is 10.0 Å². The van der Waals surface area contributed by atoms with Gasteiger partial charge in [-0.1, -0.05) is 27.9 Å². The smallest absolute Gasteiger partial charge is 0.0253 e. The molecule has 0 spiro atoms. The summed E-state index contributed by atoms with van der Waals surface area (Å²) in [5.74, 6) is 4.96. The van der Waals surface area contributed by atoms with Crippen LogP contribution in [0.2, 0.25) is 0 Å². The Morgan fingerprint density at radius 3 is 2.00 bits per heavy atom. The lowest BCUT2D eigenvalue weighted by molar-refractivity contribution is 0.0548. The topological polar surface area (TPSA) is 0 Å². The Morgan fingerprint density at radius 2 is 1.73 bits per heavy atom. The number of halogens is 1. The summed E-state index contributed by atoms with van der Waals surface area (Å²) in [5, 5.41) is 0. The zero-order valence-electron chi connectivity index (χ0n) is 8.75. The van der Waals surface area contributed by atoms with Crippen LogP contribution in [0.15, 0.2) is 28.7 Å². The maximum Gasteiger partial charge on any atom is 0.0253 e. The van der Waals surface area contributed by atoms with Crippen LogP contribution < -0.4 is 0 Å². The second-order valence-electron chi connectivity index (χ2n) is 4.33. The Morgan fingerprint density at radius 1 is 1.13 bits per heavy atom. The Hall–Kier alpha value is -0.740. The SMILES string of the molecule is C#Cc1cccc(Br)c1.C1CC2CCC12. The van der Waals surface area contributed by atoms with Gasteiger partial charge in [-0.05, 0) is 55.7 Å². The highest BCUT2D eigenvalue weighted by atomic mass is 79.9. The largest absolute Gasteiger partial charge is 0.115 e. The molecule has 0 bridgehead atoms. The average Bonchev–Trinajstić information content (AvgIpc) is 2.24. The van der Waals surface area contributed by atoms with Crippen molar-refractivity contribution in [3.05, 3.63) is 34.3 Å². The van der Waals surface area contributed by atoms with E-state index in [1.54, 1.807) is 25.7 Å². The lowest BCUT2D eigenvalue weighted by Gasteiger charge is -2.46. The van der Waals surface area contributed by atoms with Crippen molar-refractivity contribution in [1.29, 1.82) is 0 Å². The van der Waals surface area contributed by atoms with Crippen molar-refractivity contribution in [1.82, 2.24) is 0 Å². The van der Waals surface area contributed by atoms with Gasteiger partial charge in [0.25, 0.3) is 0 Å². The highest BCUT2D eigenvalue weighted by Crippen LogP contribution is 2.49. The third-order valence-electron chi connectivity index (χ3n) is 3.47. The minimum Gasteiger partial charge on any atom is -0.115 e. The van der Waals surface area contributed by atoms with E-state index in [-0.39, 0.29) is 0 Å². The van der Waals surface area contributed by atoms with E-state index in [9.17, 15) is 0 Å². The van der Waals surface area contributed by atoms with Crippen molar-refractivity contribution in [2.75, 3.05) is 0 Å². The summed E-state index contributed by atoms with van der Waals surface area (Å²) in [4.78, 5) is 0. The molecule has 0 radical (unpaired) electrons. The summed E-state index contributed by atoms with van der Waals surface area (Å²) < 4.78 is 1.03. The van der Waals surface area contributed by atoms with Crippen LogP contribution in [0, 0.1) is 24.2 Å². The molecule has 0 unspecified atom stereocenters. The normalized spacial score (nSPS) is 25.9. The molecule has 2 saturated carbocycles. The molecule has 1 aromatic carbocycles. The third-order valence-corrected chi connectivity index (χ3v) is 3.97. The molecule has 0 aromatic heterocycles. The fourth-order valence-corrected chi connectivity index (χ4v) is 2.54. The Labute approximate surface area is 100 Å². The molecule has 2 fully saturated rings. The van der Waals surface area contributed by atoms with Crippen LogP contribution in [-0.4, -0.2) is 0 Å². The van der Waals surface area contributed by atoms with E-state index in [4.69, 9.17) is 6.42 Å². The van der Waals surface area contributed by atoms with Crippen molar-refractivity contribution in [3.8, 4) is 12.3 Å². The number of benzene rings is 1. The summed E-state index contributed by atoms with van der Waals surface area (Å²) in [6.07, 6.45) is 11.4. The van der Waals surface area contributed by atoms with E-state index in [1.165, 1.54) is 11.8 Å². The molecule has 2 aliphatic carbocycles. The van der Waals surface area contributed by atoms with Gasteiger partial charge in [0.2, 0.25) is 0 Å². The van der Waals surface area contributed by atoms with Crippen molar-refractivity contribution in [2.45, 2.75) is 25.7 Å². The first kappa shape index (κ1) is 10.8. The fraction of sp³-hybridized carbons (Fsp3) is 0.429. The predicted molar refractivity (Wildman–Crippen MR) is 67.5 cm³/mol. The van der Waals surface area contributed by atoms with Crippen molar-refractivity contribution in [2.24, 2.45) is 11.8 Å². The minimum atomic E-state index is 0.907. The molecule has 0 saturated heterocycles. The van der Waals surface area contributed by atoms with Crippen LogP contribution in [0.1, 0.15) is 31.2 Å². The quantitative estimate of drug-likeness (QED) is 0.614. The average molecular weight is 263 g/mol. The summed E-state index contributed by atoms with van der Waals surface area (Å²) in [5.41, 5.74) is 0.907. The van der Waals surface area contributed by atoms with Crippen molar-refractivity contribution < 1.29 is 0 Å². The van der Waals surface area contributed by atoms with Gasteiger partial charge in [0, 0.05) is 10.0 Å². The first-order chi connectivity index (χ1) is 7.29. The number of fused-ring (bicyclic) bond motifs is 1. The van der Waals surface area contributed by atoms with Crippen LogP contribution in [-0.2, 0) is 0 Å². The van der Waals surface area contributed by atoms with Gasteiger partial charge in [0.05, 0.1) is 0 Å². The molecule has 0 aliphatic heterocycles. The maximum atomic E-state index is 5.15. The van der Waals surface area contributed by atoms with E-state index in [0.29, 0.717) is 0 Å². The molecule has 0 atom stereocenters. The lowest BCUT2D eigenvalue weighted by Crippen LogP contribution is -2.34. The highest BCUT2D eigenvalue weighted by molar-refractivity contribution is 9.10. The first-order valence-corrected chi connectivity index (χ1v) is 6.31. The number of rotatable bonds is 0. The summed E-state index contributed by atoms with van der Waals surface area (Å²) in [7, 11) is 0. The van der Waals surface area contributed by atoms with E-state index in [2.05, 4.69) is 21.9 Å². The van der Waals surface area contributed by atoms with E-state index < -0.39 is 0 Å². The fourth-order valence-electron chi connectivity index (χ4n) is 2.14. The van der Waals surface area contributed by atoms with Crippen molar-refractivity contribution >= 4 is 15.9 Å². The van der Waals surface area contributed by atoms with Crippen molar-refractivity contribution in [3.63, 3.8) is 0 Å². The molecule has 78 valence electrons. The third kappa shape index (κ3) is 2.63. The zero-order valence-corrected chi connectivity index (χ0v) is 10.3. The standard InChI is InChI=1S/C8H5Br.C6H10/c1-2-7-4-3-5-8(9)6-7;1-2-6-4-3-5(1)6/h1,3-6H;5-6H,1-4H2. The Balaban J connectivity index is 0.000000121. The predicted octanol–water partition coefficient (Wildman–Crippen LogP) is 4.24. The molecule has 1 heteroatoms. The van der Waals surface area contributed by atoms with Crippen LogP contribution in [0.25, 0.3) is 0 Å². The number of hydrogen-bond acceptors (Lipinski definition) is 0. The molecule has 15 heavy (non-hydrogen) atoms. The van der Waals surface area contributed by atoms with E-state index >= 15 is 0 Å². The lowest BCUT2D eigenvalue weighted by atomic mass is 9.60. The van der Waals surface area contributed by atoms with Gasteiger partial charge in [-0.3, -0.25) is 0 Å². The molecule has 1 aromatic rings. The van der Waals surface area contributed by atoms with Crippen LogP contribution in [0.5, 0.6) is 0 Å². The van der Waals surface area contributed by atoms with Gasteiger partial charge < -0.3 is 0 Å². The van der Waals surface area contributed by atoms with Gasteiger partial charge >= 0.3 is 0 Å². The summed E-state index contributed by atoms with van der Waals surface area (Å²) in [6, 6.07) is 7.66. The maximum absolute atomic E-state index is 5.15. The molecule has 3 rings (SSSR count). The molecular formula is C14H15Br. The molecule has 0 heterocycles. The Bertz CT molecular complexity index is 357. The molecule has 0 N–H and O–H groups in total. The van der Waals surface area contributed by atoms with Gasteiger partial charge in [0.15, 0.2) is 0 Å². The highest BCUT2D eigenvalue weighted by Gasteiger charge is 2.37. The first-order valence-electron chi connectivity index (χ1n) is 5.52. The van der Waals surface area contributed by atoms with Crippen LogP contribution in [0.3, 0.4) is 0 Å². The Kier molecular flexibility index (Phi) is 3.49. The number of terminal acetylenes is 1. The minimum absolute atomic E-state index is 0.907. The molecule has 0 amide bonds. The molecular weight excluding hydrogens is 248 g/mol. The summed E-state index contributed by atoms with van der Waals surface area (Å²) >= 11 is 3.31. The van der Waals surface area contributed by atoms with Gasteiger partial charge in [0.1, 0.15) is 0 Å². The monoisotopic (exact) mass is 262 g/mol. The van der Waals surface area contributed by atoms with Crippen LogP contribution >= 0.6 is 15.9 Å².